The van der Waals surface area contributed by atoms with Gasteiger partial charge in [0, 0.05) is 25.7 Å². The molecule has 0 aromatic rings. The van der Waals surface area contributed by atoms with E-state index in [2.05, 4.69) is 84.6 Å². The monoisotopic (exact) mass is 1150 g/mol. The second kappa shape index (κ2) is 39.4. The Bertz CT molecular complexity index is 1500. The summed E-state index contributed by atoms with van der Waals surface area (Å²) in [6, 6.07) is 0. The summed E-state index contributed by atoms with van der Waals surface area (Å²) < 4.78 is 156. The van der Waals surface area contributed by atoms with Gasteiger partial charge in [0.05, 0.1) is 131 Å². The first-order chi connectivity index (χ1) is 28.2. The zero-order valence-corrected chi connectivity index (χ0v) is 47.5. The van der Waals surface area contributed by atoms with Gasteiger partial charge in [-0.05, 0) is 58.0 Å². The molecular weight excluding hydrogens is 1060 g/mol. The van der Waals surface area contributed by atoms with Crippen LogP contribution >= 0.6 is 0 Å². The van der Waals surface area contributed by atoms with E-state index in [1.807, 2.05) is 0 Å². The fraction of sp³-hybridized carbons (Fsp3) is 1.00. The minimum atomic E-state index is -5.92. The first kappa shape index (κ1) is 82.7. The zero-order valence-electron chi connectivity index (χ0n) is 41.9. The molecule has 412 valence electrons. The molecule has 0 unspecified atom stereocenters. The minimum absolute atomic E-state index is 0. The van der Waals surface area contributed by atoms with Gasteiger partial charge in [0.25, 0.3) is 0 Å². The Morgan fingerprint density at radius 2 is 0.621 bits per heavy atom. The molecule has 30 heteroatoms. The van der Waals surface area contributed by atoms with E-state index >= 15 is 0 Å². The van der Waals surface area contributed by atoms with Crippen LogP contribution in [0.4, 0.5) is 26.3 Å². The van der Waals surface area contributed by atoms with Gasteiger partial charge < -0.3 is 77.9 Å². The second-order valence-corrected chi connectivity index (χ2v) is 25.8. The Labute approximate surface area is 413 Å². The molecule has 0 rings (SSSR count). The van der Waals surface area contributed by atoms with Gasteiger partial charge >= 0.3 is 11.0 Å². The number of aliphatic hydroxyl groups is 1. The number of sulfonamides is 4. The number of likely N-dealkylation sites (N-methyl/N-ethyl adjacent to an activating group) is 1. The highest BCUT2D eigenvalue weighted by molar-refractivity contribution is 8.12. The van der Waals surface area contributed by atoms with Crippen molar-refractivity contribution in [3.63, 3.8) is 0 Å². The molecule has 0 saturated carbocycles. The van der Waals surface area contributed by atoms with Gasteiger partial charge in [0.1, 0.15) is 0 Å². The summed E-state index contributed by atoms with van der Waals surface area (Å²) >= 11 is 0. The van der Waals surface area contributed by atoms with Crippen LogP contribution < -0.4 is 46.6 Å². The third kappa shape index (κ3) is 75.3. The largest absolute Gasteiger partial charge is 1.00 e. The number of nitrogens with two attached hydrogens (primary N) is 3. The van der Waals surface area contributed by atoms with Crippen LogP contribution in [0.5, 0.6) is 0 Å². The summed E-state index contributed by atoms with van der Waals surface area (Å²) in [6.45, 7) is 7.57. The van der Waals surface area contributed by atoms with E-state index < -0.39 is 51.1 Å². The highest BCUT2D eigenvalue weighted by Gasteiger charge is 2.40. The number of alkyl halides is 6. The molecule has 0 aliphatic heterocycles. The summed E-state index contributed by atoms with van der Waals surface area (Å²) in [7, 11) is 5.38. The number of nitrogens with zero attached hydrogens (tertiary/aromatic N) is 6. The van der Waals surface area contributed by atoms with Crippen LogP contribution in [0, 0.1) is 0 Å². The molecule has 0 aromatic heterocycles. The highest BCUT2D eigenvalue weighted by Crippen LogP contribution is 2.30. The molecule has 0 aliphatic rings. The lowest BCUT2D eigenvalue weighted by molar-refractivity contribution is -0.870. The van der Waals surface area contributed by atoms with E-state index in [0.29, 0.717) is 6.61 Å². The van der Waals surface area contributed by atoms with E-state index in [-0.39, 0.29) is 41.9 Å². The normalized spacial score (nSPS) is 12.6. The molecule has 0 aliphatic carbocycles. The van der Waals surface area contributed by atoms with Crippen molar-refractivity contribution in [1.82, 2.24) is 0 Å². The van der Waals surface area contributed by atoms with E-state index in [4.69, 9.17) is 22.3 Å². The van der Waals surface area contributed by atoms with Crippen LogP contribution in [-0.4, -0.2) is 217 Å². The van der Waals surface area contributed by atoms with Crippen molar-refractivity contribution in [1.29, 1.82) is 0 Å². The van der Waals surface area contributed by atoms with E-state index in [9.17, 15) is 60.0 Å². The fourth-order valence-electron chi connectivity index (χ4n) is 4.05. The van der Waals surface area contributed by atoms with Crippen LogP contribution in [0.15, 0.2) is 0 Å². The summed E-state index contributed by atoms with van der Waals surface area (Å²) in [6.07, 6.45) is 15.9. The summed E-state index contributed by atoms with van der Waals surface area (Å²) in [5, 5.41) is 8.46. The minimum Gasteiger partial charge on any atom is -1.00 e. The third-order valence-corrected chi connectivity index (χ3v) is 12.1. The maximum Gasteiger partial charge on any atom is 0.480 e. The first-order valence-electron chi connectivity index (χ1n) is 20.6. The molecule has 0 spiro atoms. The van der Waals surface area contributed by atoms with E-state index in [0.717, 1.165) is 69.9 Å². The number of halogens is 8. The quantitative estimate of drug-likeness (QED) is 0.0451. The molecule has 0 radical (unpaired) electrons. The van der Waals surface area contributed by atoms with Crippen LogP contribution in [0.1, 0.15) is 77.0 Å². The van der Waals surface area contributed by atoms with Crippen molar-refractivity contribution >= 4 is 40.1 Å². The molecule has 66 heavy (non-hydrogen) atoms. The van der Waals surface area contributed by atoms with Gasteiger partial charge in [0.2, 0.25) is 0 Å². The van der Waals surface area contributed by atoms with Gasteiger partial charge in [-0.1, -0.05) is 32.1 Å². The van der Waals surface area contributed by atoms with Crippen LogP contribution in [-0.2, 0) is 40.1 Å². The molecule has 0 fully saturated rings. The number of quaternary nitrogens is 4. The Morgan fingerprint density at radius 3 is 0.788 bits per heavy atom. The number of hydrogen-bond donors (Lipinski definition) is 4. The number of rotatable bonds is 24. The lowest BCUT2D eigenvalue weighted by Gasteiger charge is -2.23. The second-order valence-electron chi connectivity index (χ2n) is 18.8. The maximum atomic E-state index is 11.4. The molecule has 0 amide bonds. The first-order valence-corrected chi connectivity index (χ1v) is 27.2. The van der Waals surface area contributed by atoms with Crippen molar-refractivity contribution in [3.05, 3.63) is 8.25 Å². The molecule has 0 aromatic carbocycles. The predicted octanol–water partition coefficient (Wildman–Crippen LogP) is -2.33. The summed E-state index contributed by atoms with van der Waals surface area (Å²) in [5.41, 5.74) is 4.76. The SMILES string of the molecule is CS(=O)(=O)[N-]S(=O)(=O)C(F)(F)F.CS(=O)(=O)[N-]S(=O)(=O)C(F)(F)F.C[N+](C)(C)CCCCCCCCCCN.C[N+](C)(C)CCCCN.C[N+](C)(C)CCCCO.C[N+](C)(C)CCN.[Br-].[Cl-]. The van der Waals surface area contributed by atoms with Crippen LogP contribution in [0.25, 0.3) is 8.25 Å². The average molecular weight is 1150 g/mol. The lowest BCUT2D eigenvalue weighted by Crippen LogP contribution is -3.00. The number of unbranched alkanes of at least 4 members (excludes halogenated alkanes) is 9. The maximum absolute atomic E-state index is 11.4. The van der Waals surface area contributed by atoms with Crippen molar-refractivity contribution in [2.75, 3.05) is 150 Å². The van der Waals surface area contributed by atoms with Gasteiger partial charge in [-0.3, -0.25) is 0 Å². The van der Waals surface area contributed by atoms with Gasteiger partial charge in [-0.25, -0.2) is 33.7 Å². The van der Waals surface area contributed by atoms with Crippen molar-refractivity contribution in [2.45, 2.75) is 88.1 Å². The Kier molecular flexibility index (Phi) is 49.3. The molecule has 0 bridgehead atoms. The Balaban J connectivity index is -0.000000103. The van der Waals surface area contributed by atoms with Gasteiger partial charge in [0.15, 0.2) is 20.0 Å². The molecule has 18 nitrogen and oxygen atoms in total. The summed E-state index contributed by atoms with van der Waals surface area (Å²) in [5.74, 6) is 0. The van der Waals surface area contributed by atoms with Gasteiger partial charge in [-0.2, -0.15) is 26.3 Å². The standard InChI is InChI=1S/C13H31N2.C7H19N2.C7H18NO.C5H15N2.2C2H3F3NO4S2.BrH.ClH/c1-15(2,3)13-11-9-7-5-4-6-8-10-12-14;1-9(2,3)7-5-4-6-8;1-8(2,3)6-4-5-7-9;1-7(2,3)5-4-6;2*1-11(7,8)6-12(9,10)2(3,4)5;;/h4-14H2,1-3H3;4-8H2,1-3H3;9H,4-7H2,1-3H3;4-6H2,1-3H3;2*1H3;2*1H/q4*+1;2*-1;;/p-2. The average Bonchev–Trinajstić information content (AvgIpc) is 3.00. The van der Waals surface area contributed by atoms with Crippen molar-refractivity contribution < 1.29 is 112 Å². The van der Waals surface area contributed by atoms with Crippen molar-refractivity contribution in [3.8, 4) is 0 Å². The van der Waals surface area contributed by atoms with Crippen LogP contribution in [0.3, 0.4) is 0 Å². The van der Waals surface area contributed by atoms with Crippen molar-refractivity contribution in [2.24, 2.45) is 17.2 Å². The fourth-order valence-corrected chi connectivity index (χ4v) is 7.58. The molecule has 0 saturated heterocycles. The van der Waals surface area contributed by atoms with Gasteiger partial charge in [-0.15, -0.1) is 0 Å². The number of hydrogen-bond acceptors (Lipinski definition) is 12. The summed E-state index contributed by atoms with van der Waals surface area (Å²) in [4.78, 5) is 0. The molecule has 0 heterocycles. The Hall–Kier alpha value is -0.250. The van der Waals surface area contributed by atoms with Crippen LogP contribution in [0.2, 0.25) is 0 Å². The molecular formula is C36H89BrClF6N9O9S4. The zero-order chi connectivity index (χ0) is 52.6. The topological polar surface area (TPSA) is 263 Å². The Morgan fingerprint density at radius 1 is 0.409 bits per heavy atom. The van der Waals surface area contributed by atoms with E-state index in [1.54, 1.807) is 8.25 Å². The predicted molar refractivity (Wildman–Crippen MR) is 248 cm³/mol. The number of aliphatic hydroxyl groups excluding tert-OH is 1. The lowest BCUT2D eigenvalue weighted by atomic mass is 10.1. The van der Waals surface area contributed by atoms with E-state index in [1.165, 1.54) is 70.9 Å². The molecule has 7 N–H and O–H groups in total. The molecule has 0 atom stereocenters. The highest BCUT2D eigenvalue weighted by atomic mass is 79.9. The smallest absolute Gasteiger partial charge is 0.480 e. The third-order valence-electron chi connectivity index (χ3n) is 7.16.